The minimum atomic E-state index is -0.871. The molecule has 0 radical (unpaired) electrons. The van der Waals surface area contributed by atoms with Crippen molar-refractivity contribution >= 4 is 40.1 Å². The van der Waals surface area contributed by atoms with Crippen molar-refractivity contribution in [1.82, 2.24) is 10.2 Å². The molecule has 6 nitrogen and oxygen atoms in total. The standard InChI is InChI=1S/C25H24Cl2F2N2O4/c26-17-4-3-16(8-19(17)28)34-12-25(33)30-21-7-15-2-1-13(21)10-31(15)11-22(32)24-6-14-5-18(27)20(29)9-23(14)35-24/h3-6,8-9,13,15,21-22,32H,1-2,7,10-12H2,(H,30,33)/t13?,15?,21?,22-/m0/s1. The highest BCUT2D eigenvalue weighted by atomic mass is 35.5. The first-order valence-electron chi connectivity index (χ1n) is 11.4. The Kier molecular flexibility index (Phi) is 6.90. The van der Waals surface area contributed by atoms with Gasteiger partial charge in [0, 0.05) is 42.7 Å². The molecule has 1 aliphatic carbocycles. The SMILES string of the molecule is O=C(COc1ccc(Cl)c(F)c1)NC1CC2CCC1CN2C[C@H](O)c1cc2cc(Cl)c(F)cc2o1. The monoisotopic (exact) mass is 524 g/mol. The van der Waals surface area contributed by atoms with Crippen molar-refractivity contribution in [2.75, 3.05) is 19.7 Å². The number of nitrogens with one attached hydrogen (secondary N) is 1. The topological polar surface area (TPSA) is 74.9 Å². The molecule has 2 bridgehead atoms. The van der Waals surface area contributed by atoms with Crippen molar-refractivity contribution in [2.24, 2.45) is 5.92 Å². The first-order chi connectivity index (χ1) is 16.8. The van der Waals surface area contributed by atoms with Gasteiger partial charge in [-0.05, 0) is 49.4 Å². The quantitative estimate of drug-likeness (QED) is 0.449. The van der Waals surface area contributed by atoms with Gasteiger partial charge in [0.25, 0.3) is 5.91 Å². The summed E-state index contributed by atoms with van der Waals surface area (Å²) in [4.78, 5) is 14.6. The predicted octanol–water partition coefficient (Wildman–Crippen LogP) is 5.10. The van der Waals surface area contributed by atoms with Gasteiger partial charge in [0.2, 0.25) is 0 Å². The maximum atomic E-state index is 13.7. The molecule has 1 saturated carbocycles. The Morgan fingerprint density at radius 2 is 1.97 bits per heavy atom. The van der Waals surface area contributed by atoms with E-state index in [4.69, 9.17) is 32.4 Å². The summed E-state index contributed by atoms with van der Waals surface area (Å²) < 4.78 is 38.3. The maximum absolute atomic E-state index is 13.7. The molecule has 3 heterocycles. The van der Waals surface area contributed by atoms with E-state index < -0.39 is 17.7 Å². The Labute approximate surface area is 210 Å². The zero-order chi connectivity index (χ0) is 24.7. The fourth-order valence-electron chi connectivity index (χ4n) is 5.11. The molecule has 6 rings (SSSR count). The van der Waals surface area contributed by atoms with E-state index in [0.29, 0.717) is 23.3 Å². The lowest BCUT2D eigenvalue weighted by Crippen LogP contribution is -2.59. The first kappa shape index (κ1) is 24.3. The van der Waals surface area contributed by atoms with Gasteiger partial charge in [-0.15, -0.1) is 0 Å². The Morgan fingerprint density at radius 3 is 2.71 bits per heavy atom. The average Bonchev–Trinajstić information content (AvgIpc) is 3.24. The van der Waals surface area contributed by atoms with Crippen molar-refractivity contribution in [2.45, 2.75) is 37.5 Å². The highest BCUT2D eigenvalue weighted by molar-refractivity contribution is 6.31. The van der Waals surface area contributed by atoms with E-state index in [-0.39, 0.29) is 46.3 Å². The van der Waals surface area contributed by atoms with Crippen LogP contribution in [0.1, 0.15) is 31.1 Å². The Balaban J connectivity index is 1.15. The van der Waals surface area contributed by atoms with Crippen LogP contribution >= 0.6 is 23.2 Å². The van der Waals surface area contributed by atoms with E-state index >= 15 is 0 Å². The van der Waals surface area contributed by atoms with Crippen molar-refractivity contribution in [3.05, 3.63) is 63.8 Å². The number of fused-ring (bicyclic) bond motifs is 4. The molecule has 2 saturated heterocycles. The van der Waals surface area contributed by atoms with Crippen LogP contribution in [-0.4, -0.2) is 47.7 Å². The number of hydrogen-bond acceptors (Lipinski definition) is 5. The number of hydrogen-bond donors (Lipinski definition) is 2. The smallest absolute Gasteiger partial charge is 0.258 e. The van der Waals surface area contributed by atoms with E-state index in [1.54, 1.807) is 6.07 Å². The minimum Gasteiger partial charge on any atom is -0.484 e. The van der Waals surface area contributed by atoms with Crippen LogP contribution < -0.4 is 10.1 Å². The zero-order valence-corrected chi connectivity index (χ0v) is 20.2. The van der Waals surface area contributed by atoms with Gasteiger partial charge in [0.15, 0.2) is 6.61 Å². The van der Waals surface area contributed by atoms with Gasteiger partial charge in [-0.25, -0.2) is 8.78 Å². The van der Waals surface area contributed by atoms with Gasteiger partial charge < -0.3 is 19.6 Å². The van der Waals surface area contributed by atoms with Crippen LogP contribution in [0, 0.1) is 17.6 Å². The summed E-state index contributed by atoms with van der Waals surface area (Å²) in [7, 11) is 0. The molecule has 10 heteroatoms. The molecule has 1 amide bonds. The number of halogens is 4. The number of carbonyl (C=O) groups excluding carboxylic acids is 1. The van der Waals surface area contributed by atoms with Crippen molar-refractivity contribution in [3.63, 3.8) is 0 Å². The second kappa shape index (κ2) is 9.93. The first-order valence-corrected chi connectivity index (χ1v) is 12.2. The van der Waals surface area contributed by atoms with Crippen molar-refractivity contribution in [3.8, 4) is 5.75 Å². The van der Waals surface area contributed by atoms with E-state index in [2.05, 4.69) is 10.2 Å². The third-order valence-corrected chi connectivity index (χ3v) is 7.47. The number of rotatable bonds is 7. The minimum absolute atomic E-state index is 0.00602. The summed E-state index contributed by atoms with van der Waals surface area (Å²) in [6.07, 6.45) is 1.85. The van der Waals surface area contributed by atoms with E-state index in [9.17, 15) is 18.7 Å². The lowest BCUT2D eigenvalue weighted by atomic mass is 9.76. The number of piperidine rings is 2. The molecule has 3 unspecified atom stereocenters. The number of benzene rings is 2. The third kappa shape index (κ3) is 5.26. The summed E-state index contributed by atoms with van der Waals surface area (Å²) in [6, 6.07) is 8.65. The molecule has 0 spiro atoms. The molecule has 186 valence electrons. The highest BCUT2D eigenvalue weighted by Gasteiger charge is 2.41. The fraction of sp³-hybridized carbons (Fsp3) is 0.400. The lowest BCUT2D eigenvalue weighted by Gasteiger charge is -2.50. The summed E-state index contributed by atoms with van der Waals surface area (Å²) >= 11 is 11.5. The fourth-order valence-corrected chi connectivity index (χ4v) is 5.40. The van der Waals surface area contributed by atoms with Crippen molar-refractivity contribution in [1.29, 1.82) is 0 Å². The van der Waals surface area contributed by atoms with Crippen LogP contribution in [-0.2, 0) is 4.79 Å². The second-order valence-electron chi connectivity index (χ2n) is 9.19. The van der Waals surface area contributed by atoms with Crippen LogP contribution in [0.3, 0.4) is 0 Å². The van der Waals surface area contributed by atoms with Crippen LogP contribution in [0.15, 0.2) is 40.8 Å². The van der Waals surface area contributed by atoms with Crippen LogP contribution in [0.5, 0.6) is 5.75 Å². The van der Waals surface area contributed by atoms with Crippen molar-refractivity contribution < 1.29 is 27.8 Å². The van der Waals surface area contributed by atoms with Gasteiger partial charge in [0.1, 0.15) is 34.8 Å². The third-order valence-electron chi connectivity index (χ3n) is 6.87. The van der Waals surface area contributed by atoms with Gasteiger partial charge in [-0.3, -0.25) is 9.69 Å². The normalized spacial score (nSPS) is 22.9. The Hall–Kier alpha value is -2.39. The van der Waals surface area contributed by atoms with Gasteiger partial charge >= 0.3 is 0 Å². The van der Waals surface area contributed by atoms with Crippen LogP contribution in [0.2, 0.25) is 10.0 Å². The van der Waals surface area contributed by atoms with E-state index in [1.165, 1.54) is 24.3 Å². The molecule has 2 aliphatic heterocycles. The maximum Gasteiger partial charge on any atom is 0.258 e. The summed E-state index contributed by atoms with van der Waals surface area (Å²) in [5.74, 6) is -0.589. The molecule has 2 aromatic carbocycles. The summed E-state index contributed by atoms with van der Waals surface area (Å²) in [5, 5.41) is 14.5. The highest BCUT2D eigenvalue weighted by Crippen LogP contribution is 2.37. The molecule has 3 aliphatic rings. The summed E-state index contributed by atoms with van der Waals surface area (Å²) in [6.45, 7) is 0.897. The number of nitrogens with zero attached hydrogens (tertiary/aromatic N) is 1. The number of furan rings is 1. The average molecular weight is 525 g/mol. The van der Waals surface area contributed by atoms with Gasteiger partial charge in [-0.1, -0.05) is 23.2 Å². The largest absolute Gasteiger partial charge is 0.484 e. The number of carbonyl (C=O) groups is 1. The Morgan fingerprint density at radius 1 is 1.17 bits per heavy atom. The van der Waals surface area contributed by atoms with E-state index in [0.717, 1.165) is 31.9 Å². The van der Waals surface area contributed by atoms with E-state index in [1.807, 2.05) is 0 Å². The van der Waals surface area contributed by atoms with Crippen LogP contribution in [0.4, 0.5) is 8.78 Å². The molecule has 3 aromatic rings. The van der Waals surface area contributed by atoms with Gasteiger partial charge in [0.05, 0.1) is 10.0 Å². The van der Waals surface area contributed by atoms with Crippen LogP contribution in [0.25, 0.3) is 11.0 Å². The molecule has 4 atom stereocenters. The van der Waals surface area contributed by atoms with Gasteiger partial charge in [-0.2, -0.15) is 0 Å². The molecule has 35 heavy (non-hydrogen) atoms. The zero-order valence-electron chi connectivity index (χ0n) is 18.6. The molecular weight excluding hydrogens is 501 g/mol. The summed E-state index contributed by atoms with van der Waals surface area (Å²) in [5.41, 5.74) is 0.340. The molecule has 3 fully saturated rings. The number of ether oxygens (including phenoxy) is 1. The number of aliphatic hydroxyl groups is 1. The molecule has 1 aromatic heterocycles. The molecular formula is C25H24Cl2F2N2O4. The second-order valence-corrected chi connectivity index (χ2v) is 10.0. The lowest BCUT2D eigenvalue weighted by molar-refractivity contribution is -0.125. The number of aliphatic hydroxyl groups excluding tert-OH is 1. The Bertz CT molecular complexity index is 1210. The predicted molar refractivity (Wildman–Crippen MR) is 128 cm³/mol. The molecule has 2 N–H and O–H groups in total. The number of amides is 1.